The predicted molar refractivity (Wildman–Crippen MR) is 144 cm³/mol. The Labute approximate surface area is 222 Å². The molecule has 1 aliphatic heterocycles. The Morgan fingerprint density at radius 3 is 2.37 bits per heavy atom. The molecule has 0 radical (unpaired) electrons. The zero-order valence-corrected chi connectivity index (χ0v) is 22.0. The van der Waals surface area contributed by atoms with Crippen LogP contribution in [0.1, 0.15) is 28.8 Å². The maximum Gasteiger partial charge on any atom is 0.194 e. The third kappa shape index (κ3) is 5.19. The van der Waals surface area contributed by atoms with Crippen molar-refractivity contribution >= 4 is 15.6 Å². The number of ether oxygens (including phenoxy) is 2. The normalized spacial score (nSPS) is 16.9. The number of piperidine rings is 1. The van der Waals surface area contributed by atoms with Crippen molar-refractivity contribution < 1.29 is 27.8 Å². The number of hydrogen-bond donors (Lipinski definition) is 3. The minimum atomic E-state index is -3.72. The molecular formula is C29H32N2O6S. The van der Waals surface area contributed by atoms with Gasteiger partial charge in [-0.05, 0) is 67.7 Å². The molecule has 3 aromatic rings. The molecule has 2 atom stereocenters. The van der Waals surface area contributed by atoms with E-state index in [9.17, 15) is 18.3 Å². The molecule has 5 rings (SSSR count). The number of benzene rings is 3. The average Bonchev–Trinajstić information content (AvgIpc) is 3.25. The molecule has 2 aliphatic rings. The summed E-state index contributed by atoms with van der Waals surface area (Å²) in [5, 5.41) is 16.3. The van der Waals surface area contributed by atoms with E-state index in [2.05, 4.69) is 10.6 Å². The minimum Gasteiger partial charge on any atom is -0.497 e. The molecule has 38 heavy (non-hydrogen) atoms. The summed E-state index contributed by atoms with van der Waals surface area (Å²) in [6.07, 6.45) is 0.459. The zero-order chi connectivity index (χ0) is 26.7. The molecule has 8 nitrogen and oxygen atoms in total. The number of ketones is 1. The number of carbonyl (C=O) groups excluding carboxylic acids is 1. The zero-order valence-electron chi connectivity index (χ0n) is 21.2. The SMILES string of the molecule is COc1ccc(S(=O)(=O)C(NC[C@H](O)COc2cccc3c2-c2ccccc2C3=O)C2CCNCC2)cc1. The van der Waals surface area contributed by atoms with Crippen LogP contribution in [-0.4, -0.2) is 64.1 Å². The third-order valence-electron chi connectivity index (χ3n) is 7.23. The Balaban J connectivity index is 1.29. The highest BCUT2D eigenvalue weighted by molar-refractivity contribution is 7.92. The number of rotatable bonds is 10. The van der Waals surface area contributed by atoms with Gasteiger partial charge in [0.25, 0.3) is 0 Å². The Morgan fingerprint density at radius 2 is 1.66 bits per heavy atom. The van der Waals surface area contributed by atoms with E-state index in [1.54, 1.807) is 48.5 Å². The van der Waals surface area contributed by atoms with Gasteiger partial charge >= 0.3 is 0 Å². The average molecular weight is 537 g/mol. The summed E-state index contributed by atoms with van der Waals surface area (Å²) in [4.78, 5) is 13.0. The number of aliphatic hydroxyl groups is 1. The van der Waals surface area contributed by atoms with Gasteiger partial charge in [-0.15, -0.1) is 0 Å². The molecule has 0 aromatic heterocycles. The van der Waals surface area contributed by atoms with Crippen molar-refractivity contribution in [2.24, 2.45) is 5.92 Å². The Kier molecular flexibility index (Phi) is 7.80. The molecule has 1 unspecified atom stereocenters. The van der Waals surface area contributed by atoms with Crippen LogP contribution >= 0.6 is 0 Å². The number of nitrogens with one attached hydrogen (secondary N) is 2. The van der Waals surface area contributed by atoms with Gasteiger partial charge in [0.1, 0.15) is 29.6 Å². The molecule has 1 heterocycles. The maximum atomic E-state index is 13.6. The summed E-state index contributed by atoms with van der Waals surface area (Å²) >= 11 is 0. The van der Waals surface area contributed by atoms with Gasteiger partial charge in [0.05, 0.1) is 12.0 Å². The Bertz CT molecular complexity index is 1400. The second-order valence-electron chi connectivity index (χ2n) is 9.66. The lowest BCUT2D eigenvalue weighted by Crippen LogP contribution is -2.49. The summed E-state index contributed by atoms with van der Waals surface area (Å²) in [5.74, 6) is 0.952. The number of hydrogen-bond acceptors (Lipinski definition) is 8. The number of carbonyl (C=O) groups is 1. The second kappa shape index (κ2) is 11.2. The molecule has 0 saturated carbocycles. The molecular weight excluding hydrogens is 504 g/mol. The smallest absolute Gasteiger partial charge is 0.194 e. The van der Waals surface area contributed by atoms with Gasteiger partial charge in [-0.25, -0.2) is 8.42 Å². The fraction of sp³-hybridized carbons (Fsp3) is 0.345. The summed E-state index contributed by atoms with van der Waals surface area (Å²) in [5.41, 5.74) is 2.75. The van der Waals surface area contributed by atoms with Crippen LogP contribution in [0.2, 0.25) is 0 Å². The quantitative estimate of drug-likeness (QED) is 0.284. The van der Waals surface area contributed by atoms with Crippen molar-refractivity contribution in [3.05, 3.63) is 77.9 Å². The van der Waals surface area contributed by atoms with Crippen molar-refractivity contribution in [3.8, 4) is 22.6 Å². The first-order valence-corrected chi connectivity index (χ1v) is 14.3. The van der Waals surface area contributed by atoms with E-state index in [0.29, 0.717) is 35.5 Å². The molecule has 200 valence electrons. The largest absolute Gasteiger partial charge is 0.497 e. The number of methoxy groups -OCH3 is 1. The van der Waals surface area contributed by atoms with Gasteiger partial charge in [-0.1, -0.05) is 36.4 Å². The van der Waals surface area contributed by atoms with Crippen LogP contribution in [0.15, 0.2) is 71.6 Å². The Hall–Kier alpha value is -3.24. The van der Waals surface area contributed by atoms with E-state index in [0.717, 1.165) is 24.2 Å². The standard InChI is InChI=1S/C29H32N2O6S/c1-36-21-9-11-22(12-10-21)38(34,35)29(19-13-15-30-16-14-19)31-17-20(32)18-37-26-8-4-7-25-27(26)23-5-2-3-6-24(23)28(25)33/h2-12,19-20,29-32H,13-18H2,1H3/t20-,29?/m0/s1. The molecule has 9 heteroatoms. The summed E-state index contributed by atoms with van der Waals surface area (Å²) in [7, 11) is -2.19. The monoisotopic (exact) mass is 536 g/mol. The van der Waals surface area contributed by atoms with E-state index in [1.807, 2.05) is 18.2 Å². The van der Waals surface area contributed by atoms with Gasteiger partial charge < -0.3 is 19.9 Å². The van der Waals surface area contributed by atoms with Crippen LogP contribution in [0.4, 0.5) is 0 Å². The number of fused-ring (bicyclic) bond motifs is 3. The number of sulfone groups is 1. The van der Waals surface area contributed by atoms with Crippen molar-refractivity contribution in [2.75, 3.05) is 33.4 Å². The van der Waals surface area contributed by atoms with Gasteiger partial charge in [0.15, 0.2) is 15.6 Å². The highest BCUT2D eigenvalue weighted by Crippen LogP contribution is 2.42. The summed E-state index contributed by atoms with van der Waals surface area (Å²) in [6, 6.07) is 19.1. The van der Waals surface area contributed by atoms with Crippen molar-refractivity contribution in [1.82, 2.24) is 10.6 Å². The molecule has 1 saturated heterocycles. The van der Waals surface area contributed by atoms with E-state index < -0.39 is 21.3 Å². The lowest BCUT2D eigenvalue weighted by molar-refractivity contribution is 0.103. The van der Waals surface area contributed by atoms with Crippen LogP contribution in [0.3, 0.4) is 0 Å². The van der Waals surface area contributed by atoms with Crippen molar-refractivity contribution in [2.45, 2.75) is 29.2 Å². The van der Waals surface area contributed by atoms with Crippen LogP contribution < -0.4 is 20.1 Å². The van der Waals surface area contributed by atoms with Gasteiger partial charge in [0, 0.05) is 23.2 Å². The molecule has 0 amide bonds. The van der Waals surface area contributed by atoms with E-state index in [-0.39, 0.29) is 29.7 Å². The first kappa shape index (κ1) is 26.4. The highest BCUT2D eigenvalue weighted by atomic mass is 32.2. The van der Waals surface area contributed by atoms with Crippen LogP contribution in [0.5, 0.6) is 11.5 Å². The molecule has 3 aromatic carbocycles. The topological polar surface area (TPSA) is 114 Å². The van der Waals surface area contributed by atoms with Crippen molar-refractivity contribution in [3.63, 3.8) is 0 Å². The molecule has 0 spiro atoms. The van der Waals surface area contributed by atoms with Crippen LogP contribution in [0, 0.1) is 5.92 Å². The predicted octanol–water partition coefficient (Wildman–Crippen LogP) is 3.04. The number of aliphatic hydroxyl groups excluding tert-OH is 1. The van der Waals surface area contributed by atoms with E-state index in [1.165, 1.54) is 7.11 Å². The fourth-order valence-electron chi connectivity index (χ4n) is 5.25. The summed E-state index contributed by atoms with van der Waals surface area (Å²) < 4.78 is 38.4. The maximum absolute atomic E-state index is 13.6. The lowest BCUT2D eigenvalue weighted by Gasteiger charge is -2.32. The van der Waals surface area contributed by atoms with Gasteiger partial charge in [-0.2, -0.15) is 0 Å². The Morgan fingerprint density at radius 1 is 0.974 bits per heavy atom. The minimum absolute atomic E-state index is 0.0362. The van der Waals surface area contributed by atoms with Gasteiger partial charge in [0.2, 0.25) is 0 Å². The van der Waals surface area contributed by atoms with Crippen LogP contribution in [-0.2, 0) is 9.84 Å². The third-order valence-corrected chi connectivity index (χ3v) is 9.38. The molecule has 1 aliphatic carbocycles. The van der Waals surface area contributed by atoms with E-state index in [4.69, 9.17) is 9.47 Å². The first-order valence-electron chi connectivity index (χ1n) is 12.8. The highest BCUT2D eigenvalue weighted by Gasteiger charge is 2.36. The molecule has 3 N–H and O–H groups in total. The molecule has 1 fully saturated rings. The van der Waals surface area contributed by atoms with Gasteiger partial charge in [-0.3, -0.25) is 10.1 Å². The second-order valence-corrected chi connectivity index (χ2v) is 11.7. The first-order chi connectivity index (χ1) is 18.4. The van der Waals surface area contributed by atoms with Crippen LogP contribution in [0.25, 0.3) is 11.1 Å². The lowest BCUT2D eigenvalue weighted by atomic mass is 9.98. The van der Waals surface area contributed by atoms with Crippen molar-refractivity contribution in [1.29, 1.82) is 0 Å². The molecule has 0 bridgehead atoms. The summed E-state index contributed by atoms with van der Waals surface area (Å²) in [6.45, 7) is 1.47. The van der Waals surface area contributed by atoms with E-state index >= 15 is 0 Å². The fourth-order valence-corrected chi connectivity index (χ4v) is 7.15.